The number of methoxy groups -OCH3 is 2. The molecule has 0 aliphatic carbocycles. The van der Waals surface area contributed by atoms with Crippen molar-refractivity contribution in [2.24, 2.45) is 0 Å². The standard InChI is InChI=1S/C18H16ClNO5S/c1-23-12-7-6-11(14(8-12)24-2)10-25-16(21)9-20-17-13(19)4-3-5-15(17)26-18(20)22/h3-8H,9-10H2,1-2H3. The highest BCUT2D eigenvalue weighted by molar-refractivity contribution is 7.16. The van der Waals surface area contributed by atoms with E-state index in [2.05, 4.69) is 0 Å². The Hall–Kier alpha value is -2.51. The second-order valence-corrected chi connectivity index (χ2v) is 6.78. The molecule has 26 heavy (non-hydrogen) atoms. The summed E-state index contributed by atoms with van der Waals surface area (Å²) in [5.41, 5.74) is 1.24. The Morgan fingerprint density at radius 1 is 1.19 bits per heavy atom. The fourth-order valence-corrected chi connectivity index (χ4v) is 3.78. The molecule has 2 aromatic carbocycles. The molecule has 0 aliphatic heterocycles. The van der Waals surface area contributed by atoms with Crippen molar-refractivity contribution >= 4 is 39.1 Å². The van der Waals surface area contributed by atoms with Gasteiger partial charge < -0.3 is 14.2 Å². The number of benzene rings is 2. The third-order valence-corrected chi connectivity index (χ3v) is 5.06. The van der Waals surface area contributed by atoms with Gasteiger partial charge in [-0.15, -0.1) is 0 Å². The molecule has 1 aromatic heterocycles. The fraction of sp³-hybridized carbons (Fsp3) is 0.222. The fourth-order valence-electron chi connectivity index (χ4n) is 2.53. The molecule has 0 unspecified atom stereocenters. The van der Waals surface area contributed by atoms with Crippen LogP contribution in [0.25, 0.3) is 10.2 Å². The van der Waals surface area contributed by atoms with Crippen LogP contribution < -0.4 is 14.3 Å². The van der Waals surface area contributed by atoms with E-state index in [1.807, 2.05) is 0 Å². The first-order valence-corrected chi connectivity index (χ1v) is 8.87. The van der Waals surface area contributed by atoms with Crippen LogP contribution >= 0.6 is 22.9 Å². The highest BCUT2D eigenvalue weighted by Crippen LogP contribution is 2.26. The first kappa shape index (κ1) is 18.3. The number of ether oxygens (including phenoxy) is 3. The van der Waals surface area contributed by atoms with Gasteiger partial charge in [0.15, 0.2) is 0 Å². The Kier molecular flexibility index (Phi) is 5.49. The first-order chi connectivity index (χ1) is 12.5. The van der Waals surface area contributed by atoms with Crippen LogP contribution in [0.3, 0.4) is 0 Å². The van der Waals surface area contributed by atoms with Crippen molar-refractivity contribution in [3.05, 3.63) is 56.7 Å². The van der Waals surface area contributed by atoms with E-state index in [0.717, 1.165) is 16.0 Å². The molecular weight excluding hydrogens is 378 g/mol. The molecule has 136 valence electrons. The van der Waals surface area contributed by atoms with Gasteiger partial charge in [-0.05, 0) is 24.3 Å². The maximum atomic E-state index is 12.2. The summed E-state index contributed by atoms with van der Waals surface area (Å²) < 4.78 is 17.8. The van der Waals surface area contributed by atoms with E-state index >= 15 is 0 Å². The van der Waals surface area contributed by atoms with Crippen LogP contribution in [-0.4, -0.2) is 24.8 Å². The van der Waals surface area contributed by atoms with Gasteiger partial charge >= 0.3 is 10.8 Å². The van der Waals surface area contributed by atoms with Gasteiger partial charge in [0.2, 0.25) is 0 Å². The number of aromatic nitrogens is 1. The molecule has 0 fully saturated rings. The highest BCUT2D eigenvalue weighted by Gasteiger charge is 2.15. The Bertz CT molecular complexity index is 1010. The van der Waals surface area contributed by atoms with Gasteiger partial charge in [0.1, 0.15) is 24.7 Å². The molecule has 8 heteroatoms. The minimum atomic E-state index is -0.537. The average molecular weight is 394 g/mol. The van der Waals surface area contributed by atoms with E-state index in [9.17, 15) is 9.59 Å². The predicted molar refractivity (Wildman–Crippen MR) is 100 cm³/mol. The zero-order valence-electron chi connectivity index (χ0n) is 14.2. The molecule has 3 rings (SSSR count). The number of rotatable bonds is 6. The molecule has 0 radical (unpaired) electrons. The first-order valence-electron chi connectivity index (χ1n) is 7.68. The predicted octanol–water partition coefficient (Wildman–Crippen LogP) is 3.48. The normalized spacial score (nSPS) is 10.7. The van der Waals surface area contributed by atoms with Crippen LogP contribution in [0.2, 0.25) is 5.02 Å². The van der Waals surface area contributed by atoms with Gasteiger partial charge in [0.25, 0.3) is 0 Å². The van der Waals surface area contributed by atoms with Crippen LogP contribution in [0, 0.1) is 0 Å². The van der Waals surface area contributed by atoms with Gasteiger partial charge in [0, 0.05) is 11.6 Å². The number of thiazole rings is 1. The van der Waals surface area contributed by atoms with Crippen molar-refractivity contribution in [2.45, 2.75) is 13.2 Å². The van der Waals surface area contributed by atoms with E-state index < -0.39 is 5.97 Å². The highest BCUT2D eigenvalue weighted by atomic mass is 35.5. The van der Waals surface area contributed by atoms with Crippen LogP contribution in [0.1, 0.15) is 5.56 Å². The van der Waals surface area contributed by atoms with E-state index in [1.54, 1.807) is 43.5 Å². The molecule has 0 saturated carbocycles. The molecule has 0 spiro atoms. The molecule has 0 N–H and O–H groups in total. The summed E-state index contributed by atoms with van der Waals surface area (Å²) >= 11 is 7.21. The van der Waals surface area contributed by atoms with Gasteiger partial charge in [-0.1, -0.05) is 29.0 Å². The van der Waals surface area contributed by atoms with Crippen molar-refractivity contribution < 1.29 is 19.0 Å². The summed E-state index contributed by atoms with van der Waals surface area (Å²) in [5.74, 6) is 0.658. The molecule has 0 aliphatic rings. The van der Waals surface area contributed by atoms with Gasteiger partial charge in [-0.3, -0.25) is 14.2 Å². The topological polar surface area (TPSA) is 66.8 Å². The smallest absolute Gasteiger partial charge is 0.326 e. The Labute approximate surface area is 158 Å². The molecule has 1 heterocycles. The van der Waals surface area contributed by atoms with E-state index in [4.69, 9.17) is 25.8 Å². The Morgan fingerprint density at radius 3 is 2.73 bits per heavy atom. The second-order valence-electron chi connectivity index (χ2n) is 5.38. The van der Waals surface area contributed by atoms with Gasteiger partial charge in [0.05, 0.1) is 29.5 Å². The summed E-state index contributed by atoms with van der Waals surface area (Å²) in [7, 11) is 3.08. The summed E-state index contributed by atoms with van der Waals surface area (Å²) in [6.45, 7) is -0.183. The van der Waals surface area contributed by atoms with Gasteiger partial charge in [-0.2, -0.15) is 0 Å². The Morgan fingerprint density at radius 2 is 2.00 bits per heavy atom. The number of hydrogen-bond donors (Lipinski definition) is 0. The average Bonchev–Trinajstić information content (AvgIpc) is 2.96. The van der Waals surface area contributed by atoms with E-state index in [0.29, 0.717) is 27.6 Å². The largest absolute Gasteiger partial charge is 0.497 e. The molecule has 0 amide bonds. The summed E-state index contributed by atoms with van der Waals surface area (Å²) in [6, 6.07) is 10.5. The molecule has 3 aromatic rings. The molecule has 6 nitrogen and oxygen atoms in total. The van der Waals surface area contributed by atoms with Gasteiger partial charge in [-0.25, -0.2) is 0 Å². The summed E-state index contributed by atoms with van der Waals surface area (Å²) in [5, 5.41) is 0.422. The number of hydrogen-bond acceptors (Lipinski definition) is 6. The van der Waals surface area contributed by atoms with Crippen molar-refractivity contribution in [1.29, 1.82) is 0 Å². The lowest BCUT2D eigenvalue weighted by molar-refractivity contribution is -0.145. The number of halogens is 1. The molecule has 0 saturated heterocycles. The van der Waals surface area contributed by atoms with Crippen LogP contribution in [0.5, 0.6) is 11.5 Å². The lowest BCUT2D eigenvalue weighted by Gasteiger charge is -2.11. The van der Waals surface area contributed by atoms with Crippen LogP contribution in [-0.2, 0) is 22.7 Å². The molecular formula is C18H16ClNO5S. The summed E-state index contributed by atoms with van der Waals surface area (Å²) in [6.07, 6.45) is 0. The van der Waals surface area contributed by atoms with Crippen molar-refractivity contribution in [1.82, 2.24) is 4.57 Å². The van der Waals surface area contributed by atoms with Crippen LogP contribution in [0.15, 0.2) is 41.2 Å². The lowest BCUT2D eigenvalue weighted by Crippen LogP contribution is -2.21. The number of esters is 1. The molecule has 0 bridgehead atoms. The quantitative estimate of drug-likeness (QED) is 0.600. The van der Waals surface area contributed by atoms with Crippen LogP contribution in [0.4, 0.5) is 0 Å². The minimum Gasteiger partial charge on any atom is -0.497 e. The van der Waals surface area contributed by atoms with Crippen molar-refractivity contribution in [2.75, 3.05) is 14.2 Å². The van der Waals surface area contributed by atoms with Crippen molar-refractivity contribution in [3.8, 4) is 11.5 Å². The minimum absolute atomic E-state index is 0.0244. The zero-order valence-corrected chi connectivity index (χ0v) is 15.7. The lowest BCUT2D eigenvalue weighted by atomic mass is 10.2. The zero-order chi connectivity index (χ0) is 18.7. The number of para-hydroxylation sites is 1. The number of fused-ring (bicyclic) bond motifs is 1. The maximum Gasteiger partial charge on any atom is 0.326 e. The van der Waals surface area contributed by atoms with E-state index in [-0.39, 0.29) is 18.0 Å². The maximum absolute atomic E-state index is 12.2. The molecule has 0 atom stereocenters. The second kappa shape index (κ2) is 7.80. The van der Waals surface area contributed by atoms with E-state index in [1.165, 1.54) is 11.7 Å². The third-order valence-electron chi connectivity index (χ3n) is 3.81. The SMILES string of the molecule is COc1ccc(COC(=O)Cn2c(=O)sc3cccc(Cl)c32)c(OC)c1. The summed E-state index contributed by atoms with van der Waals surface area (Å²) in [4.78, 5) is 24.1. The van der Waals surface area contributed by atoms with Crippen molar-refractivity contribution in [3.63, 3.8) is 0 Å². The Balaban J connectivity index is 1.75. The number of carbonyl (C=O) groups is 1. The number of nitrogens with zero attached hydrogens (tertiary/aromatic N) is 1. The third kappa shape index (κ3) is 3.68. The number of carbonyl (C=O) groups excluding carboxylic acids is 1. The monoisotopic (exact) mass is 393 g/mol.